The van der Waals surface area contributed by atoms with Crippen LogP contribution in [0.1, 0.15) is 57.7 Å². The molecule has 196 valence electrons. The van der Waals surface area contributed by atoms with Crippen LogP contribution in [0.2, 0.25) is 0 Å². The van der Waals surface area contributed by atoms with Gasteiger partial charge in [0.2, 0.25) is 5.91 Å². The summed E-state index contributed by atoms with van der Waals surface area (Å²) in [6.45, 7) is 10.5. The first-order valence-corrected chi connectivity index (χ1v) is 13.1. The topological polar surface area (TPSA) is 58.6 Å². The highest BCUT2D eigenvalue weighted by Crippen LogP contribution is 2.31. The van der Waals surface area contributed by atoms with Gasteiger partial charge in [0.25, 0.3) is 5.91 Å². The average Bonchev–Trinajstić information content (AvgIpc) is 2.90. The predicted molar refractivity (Wildman–Crippen MR) is 149 cm³/mol. The molecule has 0 bridgehead atoms. The lowest BCUT2D eigenvalue weighted by atomic mass is 9.86. The van der Waals surface area contributed by atoms with E-state index in [0.717, 1.165) is 23.1 Å². The van der Waals surface area contributed by atoms with Crippen LogP contribution in [-0.2, 0) is 28.0 Å². The number of carbonyl (C=O) groups is 2. The maximum Gasteiger partial charge on any atom is 0.261 e. The molecule has 0 saturated carbocycles. The van der Waals surface area contributed by atoms with Crippen molar-refractivity contribution in [2.45, 2.75) is 71.5 Å². The second kappa shape index (κ2) is 13.1. The molecule has 0 spiro atoms. The highest BCUT2D eigenvalue weighted by Gasteiger charge is 2.31. The predicted octanol–water partition coefficient (Wildman–Crippen LogP) is 5.92. The van der Waals surface area contributed by atoms with Crippen molar-refractivity contribution >= 4 is 11.8 Å². The van der Waals surface area contributed by atoms with Crippen LogP contribution in [0.15, 0.2) is 84.9 Å². The van der Waals surface area contributed by atoms with Gasteiger partial charge < -0.3 is 15.0 Å². The Hall–Kier alpha value is -3.60. The van der Waals surface area contributed by atoms with Crippen LogP contribution in [0.25, 0.3) is 0 Å². The molecular weight excluding hydrogens is 460 g/mol. The van der Waals surface area contributed by atoms with Gasteiger partial charge in [0.1, 0.15) is 11.8 Å². The Kier molecular flexibility index (Phi) is 9.90. The Morgan fingerprint density at radius 2 is 1.43 bits per heavy atom. The van der Waals surface area contributed by atoms with Crippen LogP contribution in [0, 0.1) is 0 Å². The number of hydrogen-bond donors (Lipinski definition) is 1. The number of nitrogens with one attached hydrogen (secondary N) is 1. The molecular formula is C32H40N2O3. The zero-order chi connectivity index (χ0) is 26.8. The molecule has 0 fully saturated rings. The van der Waals surface area contributed by atoms with Gasteiger partial charge >= 0.3 is 0 Å². The number of ether oxygens (including phenoxy) is 1. The number of amides is 2. The van der Waals surface area contributed by atoms with Gasteiger partial charge in [-0.15, -0.1) is 0 Å². The minimum Gasteiger partial charge on any atom is -0.483 e. The molecule has 0 aromatic heterocycles. The molecule has 0 radical (unpaired) electrons. The van der Waals surface area contributed by atoms with Crippen LogP contribution in [-0.4, -0.2) is 35.4 Å². The zero-order valence-electron chi connectivity index (χ0n) is 22.7. The van der Waals surface area contributed by atoms with E-state index in [-0.39, 0.29) is 29.9 Å². The van der Waals surface area contributed by atoms with Crippen LogP contribution in [0.4, 0.5) is 0 Å². The molecule has 0 aliphatic rings. The fourth-order valence-electron chi connectivity index (χ4n) is 4.21. The van der Waals surface area contributed by atoms with Crippen LogP contribution in [0.3, 0.4) is 0 Å². The van der Waals surface area contributed by atoms with Crippen molar-refractivity contribution in [3.05, 3.63) is 102 Å². The van der Waals surface area contributed by atoms with E-state index < -0.39 is 6.04 Å². The first kappa shape index (κ1) is 28.0. The molecule has 2 atom stereocenters. The summed E-state index contributed by atoms with van der Waals surface area (Å²) in [5, 5.41) is 3.10. The largest absolute Gasteiger partial charge is 0.483 e. The molecule has 2 amide bonds. The molecule has 0 aliphatic heterocycles. The van der Waals surface area contributed by atoms with E-state index in [1.165, 1.54) is 0 Å². The molecule has 3 aromatic rings. The van der Waals surface area contributed by atoms with Crippen molar-refractivity contribution in [1.82, 2.24) is 10.2 Å². The second-order valence-electron chi connectivity index (χ2n) is 10.6. The van der Waals surface area contributed by atoms with E-state index >= 15 is 0 Å². The Morgan fingerprint density at radius 1 is 0.865 bits per heavy atom. The normalized spacial score (nSPS) is 12.9. The Labute approximate surface area is 221 Å². The van der Waals surface area contributed by atoms with Crippen LogP contribution < -0.4 is 10.1 Å². The minimum absolute atomic E-state index is 0.00867. The second-order valence-corrected chi connectivity index (χ2v) is 10.6. The van der Waals surface area contributed by atoms with Gasteiger partial charge in [-0.2, -0.15) is 0 Å². The van der Waals surface area contributed by atoms with Gasteiger partial charge in [0, 0.05) is 19.0 Å². The monoisotopic (exact) mass is 500 g/mol. The maximum atomic E-state index is 13.8. The van der Waals surface area contributed by atoms with Gasteiger partial charge in [0.05, 0.1) is 0 Å². The number of para-hydroxylation sites is 1. The highest BCUT2D eigenvalue weighted by molar-refractivity contribution is 5.88. The molecule has 5 nitrogen and oxygen atoms in total. The van der Waals surface area contributed by atoms with Gasteiger partial charge in [-0.25, -0.2) is 0 Å². The molecule has 0 heterocycles. The van der Waals surface area contributed by atoms with E-state index in [9.17, 15) is 9.59 Å². The summed E-state index contributed by atoms with van der Waals surface area (Å²) >= 11 is 0. The first-order valence-electron chi connectivity index (χ1n) is 13.1. The SMILES string of the molecule is CCC(C)NC(=O)C(Cc1ccccc1)N(Cc1ccccc1)C(=O)COc1ccccc1C(C)(C)C. The third-order valence-corrected chi connectivity index (χ3v) is 6.51. The summed E-state index contributed by atoms with van der Waals surface area (Å²) in [4.78, 5) is 29.0. The van der Waals surface area contributed by atoms with Gasteiger partial charge in [-0.3, -0.25) is 9.59 Å². The third-order valence-electron chi connectivity index (χ3n) is 6.51. The lowest BCUT2D eigenvalue weighted by Crippen LogP contribution is -2.53. The molecule has 1 N–H and O–H groups in total. The highest BCUT2D eigenvalue weighted by atomic mass is 16.5. The van der Waals surface area contributed by atoms with Gasteiger partial charge in [-0.05, 0) is 41.5 Å². The van der Waals surface area contributed by atoms with Gasteiger partial charge in [0.15, 0.2) is 6.61 Å². The summed E-state index contributed by atoms with van der Waals surface area (Å²) in [6, 6.07) is 26.8. The van der Waals surface area contributed by atoms with Crippen molar-refractivity contribution in [3.8, 4) is 5.75 Å². The van der Waals surface area contributed by atoms with Crippen LogP contribution in [0.5, 0.6) is 5.75 Å². The lowest BCUT2D eigenvalue weighted by molar-refractivity contribution is -0.143. The number of nitrogens with zero attached hydrogens (tertiary/aromatic N) is 1. The summed E-state index contributed by atoms with van der Waals surface area (Å²) in [7, 11) is 0. The summed E-state index contributed by atoms with van der Waals surface area (Å²) < 4.78 is 6.10. The van der Waals surface area contributed by atoms with Crippen molar-refractivity contribution < 1.29 is 14.3 Å². The Morgan fingerprint density at radius 3 is 2.03 bits per heavy atom. The molecule has 0 saturated heterocycles. The fraction of sp³-hybridized carbons (Fsp3) is 0.375. The third kappa shape index (κ3) is 8.21. The number of hydrogen-bond acceptors (Lipinski definition) is 3. The van der Waals surface area contributed by atoms with Gasteiger partial charge in [-0.1, -0.05) is 107 Å². The number of benzene rings is 3. The molecule has 3 rings (SSSR count). The molecule has 0 aliphatic carbocycles. The molecule has 5 heteroatoms. The van der Waals surface area contributed by atoms with E-state index in [2.05, 4.69) is 26.1 Å². The van der Waals surface area contributed by atoms with Crippen molar-refractivity contribution in [3.63, 3.8) is 0 Å². The van der Waals surface area contributed by atoms with Crippen LogP contribution >= 0.6 is 0 Å². The quantitative estimate of drug-likeness (QED) is 0.356. The zero-order valence-corrected chi connectivity index (χ0v) is 22.7. The number of carbonyl (C=O) groups excluding carboxylic acids is 2. The molecule has 37 heavy (non-hydrogen) atoms. The minimum atomic E-state index is -0.675. The maximum absolute atomic E-state index is 13.8. The summed E-state index contributed by atoms with van der Waals surface area (Å²) in [5.74, 6) is 0.303. The van der Waals surface area contributed by atoms with Crippen molar-refractivity contribution in [2.24, 2.45) is 0 Å². The first-order chi connectivity index (χ1) is 17.7. The fourth-order valence-corrected chi connectivity index (χ4v) is 4.21. The Bertz CT molecular complexity index is 1140. The van der Waals surface area contributed by atoms with E-state index in [0.29, 0.717) is 18.7 Å². The smallest absolute Gasteiger partial charge is 0.261 e. The summed E-state index contributed by atoms with van der Waals surface area (Å²) in [5.41, 5.74) is 2.86. The van der Waals surface area contributed by atoms with Crippen molar-refractivity contribution in [1.29, 1.82) is 0 Å². The van der Waals surface area contributed by atoms with E-state index in [1.807, 2.05) is 98.8 Å². The number of rotatable bonds is 11. The molecule has 3 aromatic carbocycles. The standard InChI is InChI=1S/C32H40N2O3/c1-6-24(2)33-31(36)28(21-25-15-9-7-10-16-25)34(22-26-17-11-8-12-18-26)30(35)23-37-29-20-14-13-19-27(29)32(3,4)5/h7-20,24,28H,6,21-23H2,1-5H3,(H,33,36). The van der Waals surface area contributed by atoms with E-state index in [1.54, 1.807) is 4.90 Å². The Balaban J connectivity index is 1.92. The van der Waals surface area contributed by atoms with Crippen molar-refractivity contribution in [2.75, 3.05) is 6.61 Å². The lowest BCUT2D eigenvalue weighted by Gasteiger charge is -2.32. The van der Waals surface area contributed by atoms with E-state index in [4.69, 9.17) is 4.74 Å². The summed E-state index contributed by atoms with van der Waals surface area (Å²) in [6.07, 6.45) is 1.23. The molecule has 2 unspecified atom stereocenters. The average molecular weight is 501 g/mol.